The molecular formula is C18H26N4S. The number of aliphatic imine (C=N–C) groups is 1. The van der Waals surface area contributed by atoms with Gasteiger partial charge in [-0.3, -0.25) is 4.99 Å². The van der Waals surface area contributed by atoms with Crippen molar-refractivity contribution in [3.05, 3.63) is 52.0 Å². The van der Waals surface area contributed by atoms with Crippen molar-refractivity contribution >= 4 is 17.3 Å². The van der Waals surface area contributed by atoms with E-state index in [9.17, 15) is 0 Å². The smallest absolute Gasteiger partial charge is 0.190 e. The zero-order chi connectivity index (χ0) is 16.3. The summed E-state index contributed by atoms with van der Waals surface area (Å²) in [5.41, 5.74) is 2.55. The number of hydrogen-bond donors (Lipinski definition) is 2. The molecule has 124 valence electrons. The van der Waals surface area contributed by atoms with E-state index in [0.29, 0.717) is 0 Å². The maximum absolute atomic E-state index is 4.58. The third-order valence-electron chi connectivity index (χ3n) is 3.58. The molecule has 4 nitrogen and oxygen atoms in total. The number of guanidine groups is 1. The Labute approximate surface area is 143 Å². The summed E-state index contributed by atoms with van der Waals surface area (Å²) in [5.74, 6) is 0.865. The van der Waals surface area contributed by atoms with Gasteiger partial charge in [-0.25, -0.2) is 4.98 Å². The molecule has 0 saturated heterocycles. The SMILES string of the molecule is CCc1nc(CCNC(=NC)NCCCc2ccccc2)cs1. The molecular weight excluding hydrogens is 304 g/mol. The van der Waals surface area contributed by atoms with Crippen LogP contribution in [0, 0.1) is 0 Å². The monoisotopic (exact) mass is 330 g/mol. The van der Waals surface area contributed by atoms with E-state index in [0.717, 1.165) is 44.7 Å². The Kier molecular flexibility index (Phi) is 7.60. The quantitative estimate of drug-likeness (QED) is 0.444. The largest absolute Gasteiger partial charge is 0.356 e. The predicted molar refractivity (Wildman–Crippen MR) is 99.3 cm³/mol. The molecule has 0 aliphatic rings. The molecule has 0 bridgehead atoms. The maximum Gasteiger partial charge on any atom is 0.190 e. The van der Waals surface area contributed by atoms with Crippen molar-refractivity contribution in [2.75, 3.05) is 20.1 Å². The maximum atomic E-state index is 4.58. The Bertz CT molecular complexity index is 592. The number of rotatable bonds is 8. The van der Waals surface area contributed by atoms with Crippen molar-refractivity contribution in [3.63, 3.8) is 0 Å². The van der Waals surface area contributed by atoms with Gasteiger partial charge in [-0.15, -0.1) is 11.3 Å². The van der Waals surface area contributed by atoms with Crippen LogP contribution >= 0.6 is 11.3 Å². The highest BCUT2D eigenvalue weighted by molar-refractivity contribution is 7.09. The lowest BCUT2D eigenvalue weighted by Gasteiger charge is -2.11. The average molecular weight is 331 g/mol. The lowest BCUT2D eigenvalue weighted by atomic mass is 10.1. The molecule has 1 aromatic heterocycles. The summed E-state index contributed by atoms with van der Waals surface area (Å²) >= 11 is 1.74. The number of nitrogens with zero attached hydrogens (tertiary/aromatic N) is 2. The van der Waals surface area contributed by atoms with E-state index < -0.39 is 0 Å². The van der Waals surface area contributed by atoms with Crippen LogP contribution in [0.2, 0.25) is 0 Å². The minimum atomic E-state index is 0.852. The van der Waals surface area contributed by atoms with E-state index in [2.05, 4.69) is 63.2 Å². The minimum absolute atomic E-state index is 0.852. The third-order valence-corrected chi connectivity index (χ3v) is 4.62. The molecule has 0 fully saturated rings. The van der Waals surface area contributed by atoms with Gasteiger partial charge in [0.1, 0.15) is 0 Å². The van der Waals surface area contributed by atoms with E-state index in [1.54, 1.807) is 11.3 Å². The van der Waals surface area contributed by atoms with Crippen molar-refractivity contribution in [2.45, 2.75) is 32.6 Å². The van der Waals surface area contributed by atoms with Crippen LogP contribution in [0.4, 0.5) is 0 Å². The first-order valence-corrected chi connectivity index (χ1v) is 9.11. The summed E-state index contributed by atoms with van der Waals surface area (Å²) in [5, 5.41) is 10.1. The number of aromatic nitrogens is 1. The molecule has 0 aliphatic heterocycles. The van der Waals surface area contributed by atoms with Crippen molar-refractivity contribution in [2.24, 2.45) is 4.99 Å². The lowest BCUT2D eigenvalue weighted by Crippen LogP contribution is -2.38. The van der Waals surface area contributed by atoms with Gasteiger partial charge in [0.25, 0.3) is 0 Å². The number of benzene rings is 1. The molecule has 1 heterocycles. The zero-order valence-electron chi connectivity index (χ0n) is 14.0. The highest BCUT2D eigenvalue weighted by Crippen LogP contribution is 2.10. The normalized spacial score (nSPS) is 11.5. The van der Waals surface area contributed by atoms with E-state index in [4.69, 9.17) is 0 Å². The van der Waals surface area contributed by atoms with Gasteiger partial charge in [-0.05, 0) is 24.8 Å². The summed E-state index contributed by atoms with van der Waals surface area (Å²) in [6.45, 7) is 3.92. The molecule has 1 aromatic carbocycles. The van der Waals surface area contributed by atoms with Gasteiger partial charge in [0.15, 0.2) is 5.96 Å². The molecule has 0 radical (unpaired) electrons. The van der Waals surface area contributed by atoms with Gasteiger partial charge in [-0.2, -0.15) is 0 Å². The van der Waals surface area contributed by atoms with Crippen molar-refractivity contribution in [3.8, 4) is 0 Å². The fraction of sp³-hybridized carbons (Fsp3) is 0.444. The molecule has 0 saturated carbocycles. The number of nitrogens with one attached hydrogen (secondary N) is 2. The summed E-state index contributed by atoms with van der Waals surface area (Å²) in [6.07, 6.45) is 4.13. The molecule has 0 unspecified atom stereocenters. The fourth-order valence-electron chi connectivity index (χ4n) is 2.30. The first-order valence-electron chi connectivity index (χ1n) is 8.23. The Morgan fingerprint density at radius 2 is 1.91 bits per heavy atom. The summed E-state index contributed by atoms with van der Waals surface area (Å²) in [4.78, 5) is 8.84. The first-order chi connectivity index (χ1) is 11.3. The second-order valence-corrected chi connectivity index (χ2v) is 6.29. The molecule has 23 heavy (non-hydrogen) atoms. The van der Waals surface area contributed by atoms with Gasteiger partial charge in [0, 0.05) is 31.9 Å². The molecule has 0 amide bonds. The highest BCUT2D eigenvalue weighted by atomic mass is 32.1. The molecule has 2 N–H and O–H groups in total. The van der Waals surface area contributed by atoms with Gasteiger partial charge in [-0.1, -0.05) is 37.3 Å². The predicted octanol–water partition coefficient (Wildman–Crippen LogP) is 3.05. The number of hydrogen-bond acceptors (Lipinski definition) is 3. The zero-order valence-corrected chi connectivity index (χ0v) is 14.8. The minimum Gasteiger partial charge on any atom is -0.356 e. The van der Waals surface area contributed by atoms with E-state index in [1.807, 2.05) is 7.05 Å². The van der Waals surface area contributed by atoms with Gasteiger partial charge in [0.05, 0.1) is 10.7 Å². The third kappa shape index (κ3) is 6.40. The lowest BCUT2D eigenvalue weighted by molar-refractivity contribution is 0.736. The van der Waals surface area contributed by atoms with Crippen LogP contribution in [0.25, 0.3) is 0 Å². The summed E-state index contributed by atoms with van der Waals surface area (Å²) in [6, 6.07) is 10.6. The van der Waals surface area contributed by atoms with Gasteiger partial charge < -0.3 is 10.6 Å². The van der Waals surface area contributed by atoms with Crippen LogP contribution in [0.15, 0.2) is 40.7 Å². The Morgan fingerprint density at radius 3 is 2.61 bits per heavy atom. The average Bonchev–Trinajstić information content (AvgIpc) is 3.06. The second kappa shape index (κ2) is 10.0. The Hall–Kier alpha value is -1.88. The Morgan fingerprint density at radius 1 is 1.13 bits per heavy atom. The number of aryl methyl sites for hydroxylation is 2. The molecule has 2 rings (SSSR count). The van der Waals surface area contributed by atoms with Crippen LogP contribution in [0.5, 0.6) is 0 Å². The topological polar surface area (TPSA) is 49.3 Å². The van der Waals surface area contributed by atoms with Crippen LogP contribution in [-0.2, 0) is 19.3 Å². The van der Waals surface area contributed by atoms with E-state index in [-0.39, 0.29) is 0 Å². The van der Waals surface area contributed by atoms with E-state index in [1.165, 1.54) is 16.3 Å². The van der Waals surface area contributed by atoms with Crippen LogP contribution in [-0.4, -0.2) is 31.1 Å². The first kappa shape index (κ1) is 17.5. The molecule has 5 heteroatoms. The van der Waals surface area contributed by atoms with Crippen LogP contribution in [0.3, 0.4) is 0 Å². The van der Waals surface area contributed by atoms with Crippen LogP contribution in [0.1, 0.15) is 29.6 Å². The second-order valence-electron chi connectivity index (χ2n) is 5.35. The van der Waals surface area contributed by atoms with E-state index >= 15 is 0 Å². The molecule has 0 atom stereocenters. The molecule has 0 aliphatic carbocycles. The van der Waals surface area contributed by atoms with Crippen molar-refractivity contribution in [1.29, 1.82) is 0 Å². The summed E-state index contributed by atoms with van der Waals surface area (Å²) < 4.78 is 0. The van der Waals surface area contributed by atoms with Gasteiger partial charge >= 0.3 is 0 Å². The molecule has 2 aromatic rings. The number of thiazole rings is 1. The molecule has 0 spiro atoms. The fourth-order valence-corrected chi connectivity index (χ4v) is 3.08. The standard InChI is InChI=1S/C18H26N4S/c1-3-17-22-16(14-23-17)11-13-21-18(19-2)20-12-7-10-15-8-5-4-6-9-15/h4-6,8-9,14H,3,7,10-13H2,1-2H3,(H2,19,20,21). The highest BCUT2D eigenvalue weighted by Gasteiger charge is 2.01. The van der Waals surface area contributed by atoms with Crippen molar-refractivity contribution < 1.29 is 0 Å². The van der Waals surface area contributed by atoms with Crippen molar-refractivity contribution in [1.82, 2.24) is 15.6 Å². The Balaban J connectivity index is 1.61. The summed E-state index contributed by atoms with van der Waals surface area (Å²) in [7, 11) is 1.81. The van der Waals surface area contributed by atoms with Crippen LogP contribution < -0.4 is 10.6 Å². The van der Waals surface area contributed by atoms with Gasteiger partial charge in [0.2, 0.25) is 0 Å².